The summed E-state index contributed by atoms with van der Waals surface area (Å²) in [5.41, 5.74) is 2.11. The summed E-state index contributed by atoms with van der Waals surface area (Å²) in [7, 11) is 0. The first-order valence-corrected chi connectivity index (χ1v) is 6.78. The van der Waals surface area contributed by atoms with Crippen LogP contribution < -0.4 is 5.32 Å². The summed E-state index contributed by atoms with van der Waals surface area (Å²) in [5, 5.41) is 3.47. The van der Waals surface area contributed by atoms with Gasteiger partial charge >= 0.3 is 0 Å². The molecule has 4 heteroatoms. The summed E-state index contributed by atoms with van der Waals surface area (Å²) in [6.45, 7) is 3.00. The number of rotatable bonds is 6. The second-order valence-electron chi connectivity index (χ2n) is 5.07. The van der Waals surface area contributed by atoms with Gasteiger partial charge in [-0.2, -0.15) is 0 Å². The van der Waals surface area contributed by atoms with Crippen LogP contribution >= 0.6 is 0 Å². The zero-order valence-corrected chi connectivity index (χ0v) is 10.6. The second kappa shape index (κ2) is 5.78. The van der Waals surface area contributed by atoms with Gasteiger partial charge in [0.25, 0.3) is 0 Å². The Morgan fingerprint density at radius 1 is 1.28 bits per heavy atom. The molecule has 4 nitrogen and oxygen atoms in total. The van der Waals surface area contributed by atoms with Gasteiger partial charge in [-0.3, -0.25) is 4.98 Å². The molecule has 0 amide bonds. The van der Waals surface area contributed by atoms with Gasteiger partial charge in [0, 0.05) is 19.2 Å². The van der Waals surface area contributed by atoms with Crippen LogP contribution in [0, 0.1) is 0 Å². The number of ether oxygens (including phenoxy) is 2. The van der Waals surface area contributed by atoms with Crippen molar-refractivity contribution in [3.63, 3.8) is 0 Å². The molecule has 1 N–H and O–H groups in total. The molecule has 0 spiro atoms. The predicted octanol–water partition coefficient (Wildman–Crippen LogP) is 1.64. The zero-order valence-electron chi connectivity index (χ0n) is 10.6. The van der Waals surface area contributed by atoms with E-state index in [0.29, 0.717) is 6.61 Å². The Hall–Kier alpha value is -0.970. The van der Waals surface area contributed by atoms with Crippen molar-refractivity contribution in [2.75, 3.05) is 13.2 Å². The van der Waals surface area contributed by atoms with E-state index in [2.05, 4.69) is 22.4 Å². The van der Waals surface area contributed by atoms with E-state index in [1.807, 2.05) is 6.07 Å². The molecule has 18 heavy (non-hydrogen) atoms. The lowest BCUT2D eigenvalue weighted by molar-refractivity contribution is 0.0301. The summed E-state index contributed by atoms with van der Waals surface area (Å²) in [6.07, 6.45) is 3.87. The summed E-state index contributed by atoms with van der Waals surface area (Å²) in [5.74, 6) is 0. The minimum atomic E-state index is 0.250. The van der Waals surface area contributed by atoms with Gasteiger partial charge in [0.15, 0.2) is 0 Å². The molecule has 3 rings (SSSR count). The maximum atomic E-state index is 5.77. The maximum Gasteiger partial charge on any atom is 0.0892 e. The highest BCUT2D eigenvalue weighted by atomic mass is 16.5. The molecule has 2 fully saturated rings. The van der Waals surface area contributed by atoms with Crippen molar-refractivity contribution in [2.45, 2.75) is 44.6 Å². The van der Waals surface area contributed by atoms with E-state index in [9.17, 15) is 0 Å². The standard InChI is InChI=1S/C14H20N2O2/c1-2-12(8-15-11-4-5-11)16-13(3-1)9-18-14-6-7-17-10-14/h1-3,11,14-15H,4-10H2. The molecule has 1 unspecified atom stereocenters. The normalized spacial score (nSPS) is 23.4. The monoisotopic (exact) mass is 248 g/mol. The quantitative estimate of drug-likeness (QED) is 0.831. The Kier molecular flexibility index (Phi) is 3.88. The molecular weight excluding hydrogens is 228 g/mol. The first-order chi connectivity index (χ1) is 8.90. The number of hydrogen-bond donors (Lipinski definition) is 1. The van der Waals surface area contributed by atoms with E-state index < -0.39 is 0 Å². The molecule has 1 atom stereocenters. The van der Waals surface area contributed by atoms with Crippen LogP contribution in [0.5, 0.6) is 0 Å². The van der Waals surface area contributed by atoms with Gasteiger partial charge in [-0.05, 0) is 31.4 Å². The van der Waals surface area contributed by atoms with Crippen LogP contribution in [-0.2, 0) is 22.6 Å². The van der Waals surface area contributed by atoms with E-state index in [4.69, 9.17) is 9.47 Å². The van der Waals surface area contributed by atoms with Gasteiger partial charge in [0.1, 0.15) is 0 Å². The van der Waals surface area contributed by atoms with Crippen molar-refractivity contribution in [3.8, 4) is 0 Å². The second-order valence-corrected chi connectivity index (χ2v) is 5.07. The molecule has 1 aliphatic heterocycles. The van der Waals surface area contributed by atoms with E-state index in [1.165, 1.54) is 12.8 Å². The average molecular weight is 248 g/mol. The van der Waals surface area contributed by atoms with Crippen LogP contribution in [0.15, 0.2) is 18.2 Å². The minimum absolute atomic E-state index is 0.250. The number of nitrogens with one attached hydrogen (secondary N) is 1. The summed E-state index contributed by atoms with van der Waals surface area (Å²) < 4.78 is 11.1. The molecular formula is C14H20N2O2. The van der Waals surface area contributed by atoms with Crippen molar-refractivity contribution in [1.29, 1.82) is 0 Å². The SMILES string of the molecule is c1cc(CNC2CC2)nc(COC2CCOC2)c1. The minimum Gasteiger partial charge on any atom is -0.379 e. The molecule has 2 aliphatic rings. The Balaban J connectivity index is 1.49. The number of aromatic nitrogens is 1. The maximum absolute atomic E-state index is 5.77. The first-order valence-electron chi connectivity index (χ1n) is 6.78. The van der Waals surface area contributed by atoms with E-state index in [1.54, 1.807) is 0 Å². The molecule has 0 radical (unpaired) electrons. The molecule has 98 valence electrons. The Bertz CT molecular complexity index is 387. The number of pyridine rings is 1. The van der Waals surface area contributed by atoms with Crippen LogP contribution in [0.4, 0.5) is 0 Å². The van der Waals surface area contributed by atoms with Gasteiger partial charge in [-0.1, -0.05) is 6.07 Å². The molecule has 0 aromatic carbocycles. The van der Waals surface area contributed by atoms with Crippen molar-refractivity contribution in [1.82, 2.24) is 10.3 Å². The third-order valence-corrected chi connectivity index (χ3v) is 3.37. The highest BCUT2D eigenvalue weighted by Gasteiger charge is 2.20. The topological polar surface area (TPSA) is 43.4 Å². The van der Waals surface area contributed by atoms with Gasteiger partial charge in [-0.15, -0.1) is 0 Å². The van der Waals surface area contributed by atoms with E-state index in [-0.39, 0.29) is 6.10 Å². The first kappa shape index (κ1) is 12.1. The molecule has 1 saturated heterocycles. The summed E-state index contributed by atoms with van der Waals surface area (Å²) in [6, 6.07) is 6.87. The highest BCUT2D eigenvalue weighted by Crippen LogP contribution is 2.19. The molecule has 1 saturated carbocycles. The van der Waals surface area contributed by atoms with Crippen molar-refractivity contribution < 1.29 is 9.47 Å². The van der Waals surface area contributed by atoms with Crippen molar-refractivity contribution >= 4 is 0 Å². The Labute approximate surface area is 108 Å². The van der Waals surface area contributed by atoms with Crippen LogP contribution in [0.2, 0.25) is 0 Å². The van der Waals surface area contributed by atoms with Crippen molar-refractivity contribution in [3.05, 3.63) is 29.6 Å². The fraction of sp³-hybridized carbons (Fsp3) is 0.643. The lowest BCUT2D eigenvalue weighted by Crippen LogP contribution is -2.17. The third-order valence-electron chi connectivity index (χ3n) is 3.37. The summed E-state index contributed by atoms with van der Waals surface area (Å²) in [4.78, 5) is 4.61. The van der Waals surface area contributed by atoms with E-state index >= 15 is 0 Å². The third kappa shape index (κ3) is 3.51. The highest BCUT2D eigenvalue weighted by molar-refractivity contribution is 5.11. The smallest absolute Gasteiger partial charge is 0.0892 e. The zero-order chi connectivity index (χ0) is 12.2. The van der Waals surface area contributed by atoms with Crippen LogP contribution in [0.3, 0.4) is 0 Å². The Morgan fingerprint density at radius 2 is 2.17 bits per heavy atom. The van der Waals surface area contributed by atoms with Crippen LogP contribution in [0.25, 0.3) is 0 Å². The number of nitrogens with zero attached hydrogens (tertiary/aromatic N) is 1. The molecule has 0 bridgehead atoms. The lowest BCUT2D eigenvalue weighted by atomic mass is 10.3. The fourth-order valence-electron chi connectivity index (χ4n) is 2.09. The van der Waals surface area contributed by atoms with E-state index in [0.717, 1.165) is 43.6 Å². The number of hydrogen-bond acceptors (Lipinski definition) is 4. The van der Waals surface area contributed by atoms with Gasteiger partial charge < -0.3 is 14.8 Å². The van der Waals surface area contributed by atoms with Gasteiger partial charge in [0.2, 0.25) is 0 Å². The lowest BCUT2D eigenvalue weighted by Gasteiger charge is -2.10. The summed E-state index contributed by atoms with van der Waals surface area (Å²) >= 11 is 0. The molecule has 1 aliphatic carbocycles. The average Bonchev–Trinajstić information content (AvgIpc) is 3.09. The Morgan fingerprint density at radius 3 is 2.94 bits per heavy atom. The molecule has 2 heterocycles. The predicted molar refractivity (Wildman–Crippen MR) is 68.1 cm³/mol. The fourth-order valence-corrected chi connectivity index (χ4v) is 2.09. The molecule has 1 aromatic rings. The van der Waals surface area contributed by atoms with Crippen LogP contribution in [-0.4, -0.2) is 30.3 Å². The van der Waals surface area contributed by atoms with Crippen molar-refractivity contribution in [2.24, 2.45) is 0 Å². The van der Waals surface area contributed by atoms with Crippen LogP contribution in [0.1, 0.15) is 30.7 Å². The van der Waals surface area contributed by atoms with Gasteiger partial charge in [-0.25, -0.2) is 0 Å². The van der Waals surface area contributed by atoms with Gasteiger partial charge in [0.05, 0.1) is 30.7 Å². The largest absolute Gasteiger partial charge is 0.379 e. The molecule has 1 aromatic heterocycles.